The molecule has 0 spiro atoms. The van der Waals surface area contributed by atoms with E-state index in [4.69, 9.17) is 0 Å². The molecule has 0 rings (SSSR count). The van der Waals surface area contributed by atoms with Crippen molar-refractivity contribution < 1.29 is 27.0 Å². The Kier molecular flexibility index (Phi) is 5.98. The predicted octanol–water partition coefficient (Wildman–Crippen LogP) is -0.610. The van der Waals surface area contributed by atoms with Gasteiger partial charge >= 0.3 is 17.1 Å². The van der Waals surface area contributed by atoms with E-state index in [2.05, 4.69) is 0 Å². The van der Waals surface area contributed by atoms with Crippen molar-refractivity contribution in [2.24, 2.45) is 5.92 Å². The maximum absolute atomic E-state index is 9.59. The fourth-order valence-corrected chi connectivity index (χ4v) is 0. The first kappa shape index (κ1) is 10.1. The third-order valence-corrected chi connectivity index (χ3v) is 0.471. The minimum Gasteiger partial charge on any atom is -0.550 e. The summed E-state index contributed by atoms with van der Waals surface area (Å²) in [5, 5.41) is 9.59. The molecule has 0 unspecified atom stereocenters. The Labute approximate surface area is 53.4 Å². The maximum Gasteiger partial charge on any atom is 2.00 e. The van der Waals surface area contributed by atoms with Crippen LogP contribution in [-0.4, -0.2) is 5.97 Å². The van der Waals surface area contributed by atoms with Crippen LogP contribution in [0.2, 0.25) is 0 Å². The van der Waals surface area contributed by atoms with Crippen LogP contribution in [0.3, 0.4) is 0 Å². The molecule has 0 saturated carbocycles. The summed E-state index contributed by atoms with van der Waals surface area (Å²) in [6, 6.07) is 0. The van der Waals surface area contributed by atoms with E-state index >= 15 is 0 Å². The van der Waals surface area contributed by atoms with E-state index in [1.807, 2.05) is 0 Å². The molecule has 1 radical (unpaired) electrons. The van der Waals surface area contributed by atoms with Crippen LogP contribution in [0, 0.1) is 5.92 Å². The van der Waals surface area contributed by atoms with Crippen LogP contribution < -0.4 is 5.11 Å². The molecule has 0 heterocycles. The topological polar surface area (TPSA) is 40.1 Å². The van der Waals surface area contributed by atoms with E-state index in [0.29, 0.717) is 0 Å². The Balaban J connectivity index is 0. The number of carbonyl (C=O) groups is 1. The first-order chi connectivity index (χ1) is 2.64. The van der Waals surface area contributed by atoms with Crippen LogP contribution in [-0.2, 0) is 21.9 Å². The number of hydrogen-bond acceptors (Lipinski definition) is 2. The average molecular weight is 151 g/mol. The number of carboxylic acids is 1. The molecule has 0 amide bonds. The number of hydrogen-bond donors (Lipinski definition) is 0. The van der Waals surface area contributed by atoms with Gasteiger partial charge in [-0.1, -0.05) is 13.8 Å². The summed E-state index contributed by atoms with van der Waals surface area (Å²) in [7, 11) is 0. The zero-order valence-electron chi connectivity index (χ0n) is 4.20. The number of aliphatic carboxylic acids is 1. The van der Waals surface area contributed by atoms with Gasteiger partial charge < -0.3 is 9.90 Å². The summed E-state index contributed by atoms with van der Waals surface area (Å²) in [5.74, 6) is -1.33. The summed E-state index contributed by atoms with van der Waals surface area (Å²) < 4.78 is 0. The Bertz CT molecular complexity index is 60.7. The standard InChI is InChI=1S/C4H8O2.Cu/c1-3(2)4(5)6;/h3H,1-2H3,(H,5,6);/q;+2/p-1. The second-order valence-electron chi connectivity index (χ2n) is 1.47. The fraction of sp³-hybridized carbons (Fsp3) is 0.750. The van der Waals surface area contributed by atoms with Crippen molar-refractivity contribution in [3.05, 3.63) is 0 Å². The molecular weight excluding hydrogens is 144 g/mol. The second-order valence-corrected chi connectivity index (χ2v) is 1.47. The summed E-state index contributed by atoms with van der Waals surface area (Å²) >= 11 is 0. The molecule has 0 aliphatic rings. The third kappa shape index (κ3) is 5.99. The molecule has 0 fully saturated rings. The fourth-order valence-electron chi connectivity index (χ4n) is 0. The van der Waals surface area contributed by atoms with Gasteiger partial charge in [-0.3, -0.25) is 0 Å². The summed E-state index contributed by atoms with van der Waals surface area (Å²) in [6.07, 6.45) is 0. The van der Waals surface area contributed by atoms with Crippen LogP contribution in [0.1, 0.15) is 13.8 Å². The van der Waals surface area contributed by atoms with Crippen molar-refractivity contribution in [2.45, 2.75) is 13.8 Å². The molecule has 0 aromatic rings. The van der Waals surface area contributed by atoms with Crippen LogP contribution >= 0.6 is 0 Å². The van der Waals surface area contributed by atoms with Gasteiger partial charge in [0.15, 0.2) is 0 Å². The van der Waals surface area contributed by atoms with Gasteiger partial charge in [0, 0.05) is 5.97 Å². The van der Waals surface area contributed by atoms with Gasteiger partial charge in [-0.2, -0.15) is 0 Å². The van der Waals surface area contributed by atoms with Gasteiger partial charge in [0.1, 0.15) is 0 Å². The maximum atomic E-state index is 9.59. The Hall–Kier alpha value is -0.0105. The molecule has 3 heteroatoms. The van der Waals surface area contributed by atoms with Crippen molar-refractivity contribution in [3.8, 4) is 0 Å². The average Bonchev–Trinajstić information content (AvgIpc) is 1.36. The van der Waals surface area contributed by atoms with Crippen molar-refractivity contribution in [2.75, 3.05) is 0 Å². The predicted molar refractivity (Wildman–Crippen MR) is 19.8 cm³/mol. The monoisotopic (exact) mass is 150 g/mol. The molecule has 0 N–H and O–H groups in total. The van der Waals surface area contributed by atoms with Gasteiger partial charge in [-0.15, -0.1) is 0 Å². The van der Waals surface area contributed by atoms with Gasteiger partial charge in [-0.05, 0) is 5.92 Å². The largest absolute Gasteiger partial charge is 2.00 e. The molecule has 0 atom stereocenters. The van der Waals surface area contributed by atoms with E-state index in [1.165, 1.54) is 0 Å². The Morgan fingerprint density at radius 2 is 1.71 bits per heavy atom. The van der Waals surface area contributed by atoms with E-state index in [1.54, 1.807) is 13.8 Å². The summed E-state index contributed by atoms with van der Waals surface area (Å²) in [6.45, 7) is 3.16. The van der Waals surface area contributed by atoms with Crippen LogP contribution in [0.5, 0.6) is 0 Å². The number of carbonyl (C=O) groups excluding carboxylic acids is 1. The summed E-state index contributed by atoms with van der Waals surface area (Å²) in [5.41, 5.74) is 0. The van der Waals surface area contributed by atoms with E-state index in [9.17, 15) is 9.90 Å². The minimum absolute atomic E-state index is 0. The Morgan fingerprint density at radius 1 is 1.57 bits per heavy atom. The van der Waals surface area contributed by atoms with Gasteiger partial charge in [0.2, 0.25) is 0 Å². The van der Waals surface area contributed by atoms with Crippen molar-refractivity contribution >= 4 is 5.97 Å². The van der Waals surface area contributed by atoms with Crippen molar-refractivity contribution in [3.63, 3.8) is 0 Å². The quantitative estimate of drug-likeness (QED) is 0.468. The second kappa shape index (κ2) is 4.16. The minimum atomic E-state index is -0.991. The molecular formula is C4H7CuO2+. The molecule has 7 heavy (non-hydrogen) atoms. The first-order valence-electron chi connectivity index (χ1n) is 1.85. The molecule has 0 aromatic carbocycles. The molecule has 2 nitrogen and oxygen atoms in total. The number of rotatable bonds is 1. The van der Waals surface area contributed by atoms with Crippen LogP contribution in [0.4, 0.5) is 0 Å². The molecule has 0 saturated heterocycles. The third-order valence-electron chi connectivity index (χ3n) is 0.471. The zero-order valence-corrected chi connectivity index (χ0v) is 5.14. The SMILES string of the molecule is CC(C)C(=O)[O-].[Cu+2]. The zero-order chi connectivity index (χ0) is 5.15. The normalized spacial score (nSPS) is 7.86. The van der Waals surface area contributed by atoms with E-state index in [-0.39, 0.29) is 23.0 Å². The van der Waals surface area contributed by atoms with Crippen molar-refractivity contribution in [1.29, 1.82) is 0 Å². The molecule has 0 aromatic heterocycles. The van der Waals surface area contributed by atoms with Crippen molar-refractivity contribution in [1.82, 2.24) is 0 Å². The van der Waals surface area contributed by atoms with Gasteiger partial charge in [0.25, 0.3) is 0 Å². The number of carboxylic acid groups (broad SMARTS) is 1. The smallest absolute Gasteiger partial charge is 0.550 e. The van der Waals surface area contributed by atoms with Gasteiger partial charge in [-0.25, -0.2) is 0 Å². The Morgan fingerprint density at radius 3 is 1.71 bits per heavy atom. The molecule has 0 aliphatic carbocycles. The first-order valence-corrected chi connectivity index (χ1v) is 1.85. The molecule has 0 bridgehead atoms. The van der Waals surface area contributed by atoms with Crippen LogP contribution in [0.15, 0.2) is 0 Å². The molecule has 45 valence electrons. The summed E-state index contributed by atoms with van der Waals surface area (Å²) in [4.78, 5) is 9.59. The van der Waals surface area contributed by atoms with E-state index < -0.39 is 5.97 Å². The molecule has 0 aliphatic heterocycles. The van der Waals surface area contributed by atoms with Gasteiger partial charge in [0.05, 0.1) is 0 Å². The van der Waals surface area contributed by atoms with E-state index in [0.717, 1.165) is 0 Å². The van der Waals surface area contributed by atoms with Crippen LogP contribution in [0.25, 0.3) is 0 Å².